The topological polar surface area (TPSA) is 46.2 Å². The van der Waals surface area contributed by atoms with Gasteiger partial charge < -0.3 is 5.32 Å². The molecule has 1 unspecified atom stereocenters. The average Bonchev–Trinajstić information content (AvgIpc) is 2.69. The predicted molar refractivity (Wildman–Crippen MR) is 84.8 cm³/mol. The van der Waals surface area contributed by atoms with Crippen LogP contribution in [0.25, 0.3) is 0 Å². The number of thiophene rings is 1. The third-order valence-electron chi connectivity index (χ3n) is 2.90. The number of benzene rings is 1. The molecule has 0 saturated carbocycles. The number of rotatable bonds is 4. The summed E-state index contributed by atoms with van der Waals surface area (Å²) >= 11 is 13.4. The van der Waals surface area contributed by atoms with Crippen LogP contribution < -0.4 is 5.32 Å². The lowest BCUT2D eigenvalue weighted by molar-refractivity contribution is 0.601. The summed E-state index contributed by atoms with van der Waals surface area (Å²) in [5.74, 6) is 0. The maximum atomic E-state index is 11.6. The summed E-state index contributed by atoms with van der Waals surface area (Å²) in [5.41, 5.74) is 1.67. The van der Waals surface area contributed by atoms with Crippen molar-refractivity contribution in [3.63, 3.8) is 0 Å². The Labute approximate surface area is 132 Å². The average molecular weight is 350 g/mol. The smallest absolute Gasteiger partial charge is 0.175 e. The molecule has 0 saturated heterocycles. The van der Waals surface area contributed by atoms with Crippen LogP contribution in [0.15, 0.2) is 35.2 Å². The van der Waals surface area contributed by atoms with Crippen LogP contribution in [0.1, 0.15) is 17.2 Å². The van der Waals surface area contributed by atoms with Gasteiger partial charge >= 0.3 is 0 Å². The summed E-state index contributed by atoms with van der Waals surface area (Å²) in [6.07, 6.45) is 1.19. The van der Waals surface area contributed by atoms with Crippen LogP contribution in [0.2, 0.25) is 8.67 Å². The normalized spacial score (nSPS) is 13.4. The number of halogens is 2. The van der Waals surface area contributed by atoms with Crippen molar-refractivity contribution in [2.24, 2.45) is 0 Å². The molecule has 1 aromatic carbocycles. The lowest BCUT2D eigenvalue weighted by Crippen LogP contribution is -2.17. The molecule has 2 aromatic rings. The minimum Gasteiger partial charge on any atom is -0.309 e. The fourth-order valence-electron chi connectivity index (χ4n) is 1.98. The van der Waals surface area contributed by atoms with Gasteiger partial charge in [0.1, 0.15) is 0 Å². The van der Waals surface area contributed by atoms with Gasteiger partial charge in [0.05, 0.1) is 19.6 Å². The Hall–Kier alpha value is -0.590. The van der Waals surface area contributed by atoms with Gasteiger partial charge in [-0.3, -0.25) is 0 Å². The van der Waals surface area contributed by atoms with Gasteiger partial charge in [-0.25, -0.2) is 8.42 Å². The second-order valence-corrected chi connectivity index (χ2v) is 8.65. The summed E-state index contributed by atoms with van der Waals surface area (Å²) in [5, 5.41) is 3.14. The number of sulfone groups is 1. The molecule has 0 fully saturated rings. The van der Waals surface area contributed by atoms with E-state index in [2.05, 4.69) is 5.32 Å². The molecule has 0 spiro atoms. The van der Waals surface area contributed by atoms with Crippen LogP contribution in [-0.2, 0) is 9.84 Å². The highest BCUT2D eigenvalue weighted by molar-refractivity contribution is 7.90. The van der Waals surface area contributed by atoms with E-state index < -0.39 is 9.84 Å². The maximum absolute atomic E-state index is 11.6. The van der Waals surface area contributed by atoms with Crippen LogP contribution in [0.4, 0.5) is 0 Å². The van der Waals surface area contributed by atoms with Crippen molar-refractivity contribution in [3.8, 4) is 0 Å². The lowest BCUT2D eigenvalue weighted by atomic mass is 10.0. The first kappa shape index (κ1) is 15.8. The SMILES string of the molecule is CNC(c1cccc(S(C)(=O)=O)c1)c1cc(Cl)sc1Cl. The first-order chi connectivity index (χ1) is 9.32. The second kappa shape index (κ2) is 6.03. The monoisotopic (exact) mass is 349 g/mol. The van der Waals surface area contributed by atoms with E-state index in [0.717, 1.165) is 11.1 Å². The first-order valence-electron chi connectivity index (χ1n) is 5.75. The van der Waals surface area contributed by atoms with Crippen molar-refractivity contribution in [1.29, 1.82) is 0 Å². The third kappa shape index (κ3) is 3.35. The second-order valence-electron chi connectivity index (χ2n) is 4.35. The van der Waals surface area contributed by atoms with E-state index in [9.17, 15) is 8.42 Å². The van der Waals surface area contributed by atoms with Gasteiger partial charge in [0.2, 0.25) is 0 Å². The molecular weight excluding hydrogens is 337 g/mol. The largest absolute Gasteiger partial charge is 0.309 e. The lowest BCUT2D eigenvalue weighted by Gasteiger charge is -2.17. The van der Waals surface area contributed by atoms with Crippen molar-refractivity contribution in [3.05, 3.63) is 50.1 Å². The van der Waals surface area contributed by atoms with E-state index in [-0.39, 0.29) is 10.9 Å². The van der Waals surface area contributed by atoms with Gasteiger partial charge in [-0.05, 0) is 30.8 Å². The van der Waals surface area contributed by atoms with Gasteiger partial charge in [-0.15, -0.1) is 11.3 Å². The Morgan fingerprint density at radius 2 is 1.95 bits per heavy atom. The third-order valence-corrected chi connectivity index (χ3v) is 5.53. The van der Waals surface area contributed by atoms with Gasteiger partial charge in [-0.2, -0.15) is 0 Å². The highest BCUT2D eigenvalue weighted by Crippen LogP contribution is 2.37. The zero-order chi connectivity index (χ0) is 14.9. The van der Waals surface area contributed by atoms with Gasteiger partial charge in [0.15, 0.2) is 9.84 Å². The zero-order valence-corrected chi connectivity index (χ0v) is 14.0. The molecule has 1 N–H and O–H groups in total. The Morgan fingerprint density at radius 3 is 2.45 bits per heavy atom. The predicted octanol–water partition coefficient (Wildman–Crippen LogP) is 3.77. The molecule has 0 aliphatic heterocycles. The fourth-order valence-corrected chi connectivity index (χ4v) is 4.18. The number of nitrogens with one attached hydrogen (secondary N) is 1. The Morgan fingerprint density at radius 1 is 1.25 bits per heavy atom. The van der Waals surface area contributed by atoms with Crippen LogP contribution >= 0.6 is 34.5 Å². The maximum Gasteiger partial charge on any atom is 0.175 e. The Balaban J connectivity index is 2.50. The van der Waals surface area contributed by atoms with Crippen molar-refractivity contribution < 1.29 is 8.42 Å². The van der Waals surface area contributed by atoms with Crippen LogP contribution in [0.5, 0.6) is 0 Å². The minimum absolute atomic E-state index is 0.201. The molecule has 7 heteroatoms. The highest BCUT2D eigenvalue weighted by atomic mass is 35.5. The summed E-state index contributed by atoms with van der Waals surface area (Å²) in [4.78, 5) is 0.285. The molecule has 0 amide bonds. The van der Waals surface area contributed by atoms with Crippen LogP contribution in [-0.4, -0.2) is 21.7 Å². The van der Waals surface area contributed by atoms with Crippen LogP contribution in [0, 0.1) is 0 Å². The molecule has 1 heterocycles. The summed E-state index contributed by atoms with van der Waals surface area (Å²) in [7, 11) is -1.45. The molecule has 1 atom stereocenters. The van der Waals surface area contributed by atoms with Gasteiger partial charge in [-0.1, -0.05) is 35.3 Å². The molecule has 0 aliphatic rings. The van der Waals surface area contributed by atoms with E-state index in [0.29, 0.717) is 8.67 Å². The van der Waals surface area contributed by atoms with E-state index in [1.165, 1.54) is 17.6 Å². The molecule has 0 bridgehead atoms. The highest BCUT2D eigenvalue weighted by Gasteiger charge is 2.19. The van der Waals surface area contributed by atoms with E-state index in [4.69, 9.17) is 23.2 Å². The molecule has 0 aliphatic carbocycles. The standard InChI is InChI=1S/C13H13Cl2NO2S2/c1-16-12(10-7-11(14)19-13(10)15)8-4-3-5-9(6-8)20(2,17)18/h3-7,12,16H,1-2H3. The summed E-state index contributed by atoms with van der Waals surface area (Å²) < 4.78 is 24.5. The van der Waals surface area contributed by atoms with Crippen LogP contribution in [0.3, 0.4) is 0 Å². The van der Waals surface area contributed by atoms with Gasteiger partial charge in [0, 0.05) is 11.8 Å². The van der Waals surface area contributed by atoms with Crippen molar-refractivity contribution >= 4 is 44.4 Å². The van der Waals surface area contributed by atoms with Gasteiger partial charge in [0.25, 0.3) is 0 Å². The molecule has 0 radical (unpaired) electrons. The molecule has 1 aromatic heterocycles. The van der Waals surface area contributed by atoms with Crippen molar-refractivity contribution in [1.82, 2.24) is 5.32 Å². The fraction of sp³-hybridized carbons (Fsp3) is 0.231. The molecule has 20 heavy (non-hydrogen) atoms. The Bertz CT molecular complexity index is 726. The van der Waals surface area contributed by atoms with E-state index in [1.807, 2.05) is 6.07 Å². The van der Waals surface area contributed by atoms with Crippen molar-refractivity contribution in [2.45, 2.75) is 10.9 Å². The summed E-state index contributed by atoms with van der Waals surface area (Å²) in [6, 6.07) is 8.40. The first-order valence-corrected chi connectivity index (χ1v) is 9.21. The van der Waals surface area contributed by atoms with E-state index in [1.54, 1.807) is 31.3 Å². The van der Waals surface area contributed by atoms with E-state index >= 15 is 0 Å². The minimum atomic E-state index is -3.24. The van der Waals surface area contributed by atoms with Crippen molar-refractivity contribution in [2.75, 3.05) is 13.3 Å². The molecular formula is C13H13Cl2NO2S2. The zero-order valence-electron chi connectivity index (χ0n) is 10.9. The Kier molecular flexibility index (Phi) is 4.76. The number of hydrogen-bond acceptors (Lipinski definition) is 4. The molecule has 108 valence electrons. The molecule has 2 rings (SSSR count). The summed E-state index contributed by atoms with van der Waals surface area (Å²) in [6.45, 7) is 0. The molecule has 3 nitrogen and oxygen atoms in total. The number of hydrogen-bond donors (Lipinski definition) is 1. The quantitative estimate of drug-likeness (QED) is 0.913.